The van der Waals surface area contributed by atoms with Gasteiger partial charge in [0, 0.05) is 34.1 Å². The molecule has 2 heterocycles. The summed E-state index contributed by atoms with van der Waals surface area (Å²) in [6.07, 6.45) is 4.67. The highest BCUT2D eigenvalue weighted by Crippen LogP contribution is 2.57. The largest absolute Gasteiger partial charge is 0.311 e. The van der Waals surface area contributed by atoms with Crippen molar-refractivity contribution in [2.24, 2.45) is 0 Å². The Labute approximate surface area is 385 Å². The van der Waals surface area contributed by atoms with E-state index in [1.54, 1.807) is 5.56 Å². The number of hydrogen-bond donors (Lipinski definition) is 0. The average Bonchev–Trinajstić information content (AvgIpc) is 3.53. The molecule has 64 heavy (non-hydrogen) atoms. The van der Waals surface area contributed by atoms with Crippen molar-refractivity contribution in [3.63, 3.8) is 0 Å². The van der Waals surface area contributed by atoms with Gasteiger partial charge in [0.2, 0.25) is 0 Å². The van der Waals surface area contributed by atoms with Gasteiger partial charge in [-0.2, -0.15) is 0 Å². The topological polar surface area (TPSA) is 6.48 Å². The first-order chi connectivity index (χ1) is 29.9. The SMILES string of the molecule is Cc1cc2c3c(c1)N(c1ccc4c(c1C)C(C)(C)CC4(C)C)c1cc4c(cc1B3c1cc(-c3ccccc3)ccc1N2c1cc2c(cc1C)C(C)(C)CC2(C)C)C(C)(C)CCC4(C)C. The molecular weight excluding hydrogens is 771 g/mol. The van der Waals surface area contributed by atoms with Crippen molar-refractivity contribution in [2.45, 2.75) is 162 Å². The summed E-state index contributed by atoms with van der Waals surface area (Å²) in [5.74, 6) is 0. The van der Waals surface area contributed by atoms with Gasteiger partial charge in [0.05, 0.1) is 0 Å². The Bertz CT molecular complexity index is 2990. The van der Waals surface area contributed by atoms with Crippen molar-refractivity contribution in [1.29, 1.82) is 0 Å². The number of fused-ring (bicyclic) bond motifs is 7. The molecule has 0 bridgehead atoms. The fourth-order valence-corrected chi connectivity index (χ4v) is 14.5. The van der Waals surface area contributed by atoms with Gasteiger partial charge >= 0.3 is 0 Å². The first-order valence-corrected chi connectivity index (χ1v) is 24.4. The predicted octanol–water partition coefficient (Wildman–Crippen LogP) is 14.6. The van der Waals surface area contributed by atoms with Crippen molar-refractivity contribution >= 4 is 57.2 Å². The van der Waals surface area contributed by atoms with Crippen molar-refractivity contribution < 1.29 is 0 Å². The summed E-state index contributed by atoms with van der Waals surface area (Å²) in [4.78, 5) is 5.41. The van der Waals surface area contributed by atoms with Crippen LogP contribution in [0.3, 0.4) is 0 Å². The zero-order chi connectivity index (χ0) is 45.4. The van der Waals surface area contributed by atoms with Crippen molar-refractivity contribution in [1.82, 2.24) is 0 Å². The number of hydrogen-bond acceptors (Lipinski definition) is 2. The molecule has 0 unspecified atom stereocenters. The van der Waals surface area contributed by atoms with Crippen LogP contribution in [0.1, 0.15) is 159 Å². The Kier molecular flexibility index (Phi) is 8.52. The minimum absolute atomic E-state index is 0.0492. The summed E-state index contributed by atoms with van der Waals surface area (Å²) in [7, 11) is 0. The van der Waals surface area contributed by atoms with Gasteiger partial charge in [0.15, 0.2) is 0 Å². The lowest BCUT2D eigenvalue weighted by atomic mass is 9.33. The van der Waals surface area contributed by atoms with Crippen LogP contribution in [0.2, 0.25) is 0 Å². The van der Waals surface area contributed by atoms with Crippen LogP contribution in [0, 0.1) is 20.8 Å². The molecule has 0 spiro atoms. The maximum Gasteiger partial charge on any atom is 0.252 e. The lowest BCUT2D eigenvalue weighted by Crippen LogP contribution is -2.62. The molecule has 3 heteroatoms. The maximum absolute atomic E-state index is 2.73. The van der Waals surface area contributed by atoms with Crippen LogP contribution in [0.4, 0.5) is 34.1 Å². The molecule has 0 saturated carbocycles. The highest BCUT2D eigenvalue weighted by atomic mass is 15.2. The first-order valence-electron chi connectivity index (χ1n) is 24.4. The molecule has 0 fully saturated rings. The second-order valence-electron chi connectivity index (χ2n) is 24.9. The standard InChI is InChI=1S/C61H69BN2/c1-36-27-52-55-53(28-36)64(50-32-45-42(29-37(50)2)59(10,11)34-60(45,12)13)49-23-21-40(39-19-17-16-18-20-39)30-46(49)62(55)47-31-43-44(57(6,7)26-25-56(43,4)5)33-51(47)63(52)48-24-22-41-54(38(48)3)61(14,15)35-58(41,8)9/h16-24,27-33H,25-26,34-35H2,1-15H3. The quantitative estimate of drug-likeness (QED) is 0.164. The Balaban J connectivity index is 1.27. The third-order valence-electron chi connectivity index (χ3n) is 17.2. The number of rotatable bonds is 3. The van der Waals surface area contributed by atoms with Gasteiger partial charge in [0.25, 0.3) is 6.71 Å². The van der Waals surface area contributed by atoms with Gasteiger partial charge in [0.1, 0.15) is 0 Å². The van der Waals surface area contributed by atoms with Crippen LogP contribution < -0.4 is 26.2 Å². The van der Waals surface area contributed by atoms with Crippen LogP contribution in [0.15, 0.2) is 97.1 Å². The number of benzene rings is 6. The molecule has 3 aliphatic carbocycles. The highest BCUT2D eigenvalue weighted by Gasteiger charge is 2.49. The molecule has 0 atom stereocenters. The van der Waals surface area contributed by atoms with Gasteiger partial charge in [-0.3, -0.25) is 0 Å². The Hall–Kier alpha value is -5.02. The van der Waals surface area contributed by atoms with Gasteiger partial charge in [-0.05, 0) is 193 Å². The molecule has 0 saturated heterocycles. The maximum atomic E-state index is 2.73. The second kappa shape index (κ2) is 13.1. The Morgan fingerprint density at radius 1 is 0.406 bits per heavy atom. The molecule has 0 amide bonds. The van der Waals surface area contributed by atoms with E-state index in [1.165, 1.54) is 119 Å². The number of aryl methyl sites for hydroxylation is 2. The zero-order valence-corrected chi connectivity index (χ0v) is 41.5. The smallest absolute Gasteiger partial charge is 0.252 e. The van der Waals surface area contributed by atoms with Crippen LogP contribution in [0.25, 0.3) is 11.1 Å². The predicted molar refractivity (Wildman–Crippen MR) is 277 cm³/mol. The molecule has 2 aliphatic heterocycles. The summed E-state index contributed by atoms with van der Waals surface area (Å²) < 4.78 is 0. The lowest BCUT2D eigenvalue weighted by molar-refractivity contribution is 0.332. The van der Waals surface area contributed by atoms with Crippen molar-refractivity contribution in [2.75, 3.05) is 9.80 Å². The monoisotopic (exact) mass is 841 g/mol. The van der Waals surface area contributed by atoms with E-state index < -0.39 is 0 Å². The molecule has 6 aromatic carbocycles. The Morgan fingerprint density at radius 2 is 0.922 bits per heavy atom. The van der Waals surface area contributed by atoms with E-state index in [0.717, 1.165) is 12.8 Å². The summed E-state index contributed by atoms with van der Waals surface area (Å²) in [6, 6.07) is 39.0. The van der Waals surface area contributed by atoms with E-state index in [1.807, 2.05) is 0 Å². The fraction of sp³-hybridized carbons (Fsp3) is 0.410. The summed E-state index contributed by atoms with van der Waals surface area (Å²) in [6.45, 7) is 36.8. The molecule has 2 nitrogen and oxygen atoms in total. The molecule has 11 rings (SSSR count). The van der Waals surface area contributed by atoms with Crippen molar-refractivity contribution in [3.05, 3.63) is 147 Å². The Morgan fingerprint density at radius 3 is 1.58 bits per heavy atom. The van der Waals surface area contributed by atoms with E-state index in [9.17, 15) is 0 Å². The van der Waals surface area contributed by atoms with E-state index in [-0.39, 0.29) is 39.2 Å². The number of nitrogens with zero attached hydrogens (tertiary/aromatic N) is 2. The van der Waals surface area contributed by atoms with Crippen LogP contribution in [-0.2, 0) is 32.5 Å². The molecule has 5 aliphatic rings. The van der Waals surface area contributed by atoms with Crippen LogP contribution in [0.5, 0.6) is 0 Å². The molecule has 0 N–H and O–H groups in total. The second-order valence-corrected chi connectivity index (χ2v) is 24.9. The van der Waals surface area contributed by atoms with E-state index in [4.69, 9.17) is 0 Å². The van der Waals surface area contributed by atoms with Gasteiger partial charge in [-0.25, -0.2) is 0 Å². The van der Waals surface area contributed by atoms with Crippen LogP contribution in [-0.4, -0.2) is 6.71 Å². The van der Waals surface area contributed by atoms with E-state index in [2.05, 4.69) is 211 Å². The highest BCUT2D eigenvalue weighted by molar-refractivity contribution is 7.00. The van der Waals surface area contributed by atoms with Gasteiger partial charge < -0.3 is 9.80 Å². The lowest BCUT2D eigenvalue weighted by Gasteiger charge is -2.48. The normalized spacial score (nSPS) is 20.5. The number of anilines is 6. The van der Waals surface area contributed by atoms with E-state index >= 15 is 0 Å². The zero-order valence-electron chi connectivity index (χ0n) is 41.5. The van der Waals surface area contributed by atoms with Crippen molar-refractivity contribution in [3.8, 4) is 11.1 Å². The van der Waals surface area contributed by atoms with Gasteiger partial charge in [-0.1, -0.05) is 144 Å². The minimum atomic E-state index is 0.0492. The first kappa shape index (κ1) is 41.7. The molecular formula is C61H69BN2. The molecule has 326 valence electrons. The third kappa shape index (κ3) is 5.77. The van der Waals surface area contributed by atoms with Gasteiger partial charge in [-0.15, -0.1) is 0 Å². The average molecular weight is 841 g/mol. The fourth-order valence-electron chi connectivity index (χ4n) is 14.5. The summed E-state index contributed by atoms with van der Waals surface area (Å²) in [5, 5.41) is 0. The molecule has 0 radical (unpaired) electrons. The minimum Gasteiger partial charge on any atom is -0.311 e. The summed E-state index contributed by atoms with van der Waals surface area (Å²) >= 11 is 0. The molecule has 0 aromatic heterocycles. The van der Waals surface area contributed by atoms with Crippen LogP contribution >= 0.6 is 0 Å². The molecule has 6 aromatic rings. The summed E-state index contributed by atoms with van der Waals surface area (Å²) in [5.41, 5.74) is 28.3. The van der Waals surface area contributed by atoms with E-state index in [0.29, 0.717) is 0 Å². The third-order valence-corrected chi connectivity index (χ3v) is 17.2.